The molecule has 0 unspecified atom stereocenters. The lowest BCUT2D eigenvalue weighted by Crippen LogP contribution is -2.46. The van der Waals surface area contributed by atoms with Crippen molar-refractivity contribution in [3.63, 3.8) is 0 Å². The highest BCUT2D eigenvalue weighted by Gasteiger charge is 2.20. The minimum absolute atomic E-state index is 0.0314. The van der Waals surface area contributed by atoms with Crippen LogP contribution in [0.3, 0.4) is 0 Å². The van der Waals surface area contributed by atoms with Crippen molar-refractivity contribution in [1.29, 1.82) is 0 Å². The van der Waals surface area contributed by atoms with Gasteiger partial charge in [0, 0.05) is 12.6 Å². The van der Waals surface area contributed by atoms with Gasteiger partial charge in [-0.1, -0.05) is 6.92 Å². The van der Waals surface area contributed by atoms with Crippen LogP contribution in [0.15, 0.2) is 23.1 Å². The monoisotopic (exact) mass is 383 g/mol. The van der Waals surface area contributed by atoms with Gasteiger partial charge in [-0.3, -0.25) is 19.7 Å². The summed E-state index contributed by atoms with van der Waals surface area (Å²) in [6.07, 6.45) is 2.45. The summed E-state index contributed by atoms with van der Waals surface area (Å²) in [6.45, 7) is 3.31. The maximum Gasteiger partial charge on any atom is 0.338 e. The van der Waals surface area contributed by atoms with Gasteiger partial charge in [0.15, 0.2) is 6.61 Å². The summed E-state index contributed by atoms with van der Waals surface area (Å²) in [5, 5.41) is 16.1. The molecule has 0 aromatic heterocycles. The Labute approximate surface area is 155 Å². The fourth-order valence-electron chi connectivity index (χ4n) is 1.92. The summed E-state index contributed by atoms with van der Waals surface area (Å²) < 4.78 is 4.85. The Morgan fingerprint density at radius 2 is 2.04 bits per heavy atom. The molecule has 1 rings (SSSR count). The van der Waals surface area contributed by atoms with E-state index in [0.29, 0.717) is 11.4 Å². The molecule has 0 saturated carbocycles. The van der Waals surface area contributed by atoms with E-state index >= 15 is 0 Å². The zero-order valence-electron chi connectivity index (χ0n) is 14.7. The van der Waals surface area contributed by atoms with Crippen LogP contribution in [0, 0.1) is 10.1 Å². The number of nitro benzene ring substituents is 1. The van der Waals surface area contributed by atoms with Gasteiger partial charge in [-0.25, -0.2) is 4.79 Å². The molecule has 2 amide bonds. The molecule has 0 bridgehead atoms. The number of nitrogens with zero attached hydrogens (tertiary/aromatic N) is 1. The summed E-state index contributed by atoms with van der Waals surface area (Å²) in [6, 6.07) is 3.17. The molecule has 0 heterocycles. The number of hydrogen-bond acceptors (Lipinski definition) is 7. The molecule has 142 valence electrons. The molecule has 1 atom stereocenters. The second-order valence-electron chi connectivity index (χ2n) is 5.30. The fraction of sp³-hybridized carbons (Fsp3) is 0.438. The molecule has 1 aromatic rings. The van der Waals surface area contributed by atoms with Gasteiger partial charge in [0.05, 0.1) is 15.4 Å². The lowest BCUT2D eigenvalue weighted by atomic mass is 10.2. The maximum atomic E-state index is 12.0. The van der Waals surface area contributed by atoms with Crippen molar-refractivity contribution >= 4 is 35.2 Å². The predicted octanol–water partition coefficient (Wildman–Crippen LogP) is 1.50. The van der Waals surface area contributed by atoms with Gasteiger partial charge in [-0.2, -0.15) is 0 Å². The predicted molar refractivity (Wildman–Crippen MR) is 96.1 cm³/mol. The van der Waals surface area contributed by atoms with Crippen molar-refractivity contribution in [3.8, 4) is 0 Å². The van der Waals surface area contributed by atoms with Crippen molar-refractivity contribution in [2.24, 2.45) is 0 Å². The van der Waals surface area contributed by atoms with Gasteiger partial charge in [0.2, 0.25) is 5.91 Å². The molecule has 0 fully saturated rings. The van der Waals surface area contributed by atoms with Gasteiger partial charge >= 0.3 is 5.97 Å². The molecule has 0 saturated heterocycles. The van der Waals surface area contributed by atoms with Crippen LogP contribution in [0.4, 0.5) is 5.69 Å². The zero-order valence-corrected chi connectivity index (χ0v) is 15.6. The number of nitro groups is 1. The molecular formula is C16H21N3O6S. The van der Waals surface area contributed by atoms with Gasteiger partial charge in [0.1, 0.15) is 6.04 Å². The van der Waals surface area contributed by atoms with E-state index in [0.717, 1.165) is 12.5 Å². The van der Waals surface area contributed by atoms with Gasteiger partial charge in [-0.05, 0) is 31.7 Å². The molecule has 0 aliphatic carbocycles. The standard InChI is InChI=1S/C16H21N3O6S/c1-4-7-17-15(21)10(2)18-14(20)9-25-16(22)11-5-6-13(26-3)12(8-11)19(23)24/h5-6,8,10H,4,7,9H2,1-3H3,(H,17,21)(H,18,20)/t10-/m0/s1. The zero-order chi connectivity index (χ0) is 19.7. The Morgan fingerprint density at radius 1 is 1.35 bits per heavy atom. The third-order valence-corrected chi connectivity index (χ3v) is 4.05. The Hall–Kier alpha value is -2.62. The van der Waals surface area contributed by atoms with Crippen LogP contribution in [-0.2, 0) is 14.3 Å². The summed E-state index contributed by atoms with van der Waals surface area (Å²) >= 11 is 1.18. The molecule has 0 aliphatic heterocycles. The third-order valence-electron chi connectivity index (χ3n) is 3.27. The van der Waals surface area contributed by atoms with Gasteiger partial charge < -0.3 is 15.4 Å². The van der Waals surface area contributed by atoms with Crippen LogP contribution in [0.1, 0.15) is 30.6 Å². The molecule has 0 aliphatic rings. The number of thioether (sulfide) groups is 1. The number of rotatable bonds is 9. The largest absolute Gasteiger partial charge is 0.452 e. The van der Waals surface area contributed by atoms with Crippen molar-refractivity contribution in [3.05, 3.63) is 33.9 Å². The lowest BCUT2D eigenvalue weighted by molar-refractivity contribution is -0.387. The number of ether oxygens (including phenoxy) is 1. The lowest BCUT2D eigenvalue weighted by Gasteiger charge is -2.13. The highest BCUT2D eigenvalue weighted by Crippen LogP contribution is 2.28. The summed E-state index contributed by atoms with van der Waals surface area (Å²) in [7, 11) is 0. The Bertz CT molecular complexity index is 695. The number of esters is 1. The molecule has 0 spiro atoms. The van der Waals surface area contributed by atoms with E-state index in [1.165, 1.54) is 30.8 Å². The molecule has 9 nitrogen and oxygen atoms in total. The van der Waals surface area contributed by atoms with Gasteiger partial charge in [0.25, 0.3) is 11.6 Å². The molecule has 0 radical (unpaired) electrons. The van der Waals surface area contributed by atoms with Crippen molar-refractivity contribution in [1.82, 2.24) is 10.6 Å². The SMILES string of the molecule is CCCNC(=O)[C@H](C)NC(=O)COC(=O)c1ccc(SC)c([N+](=O)[O-])c1. The molecule has 1 aromatic carbocycles. The fourth-order valence-corrected chi connectivity index (χ4v) is 2.47. The summed E-state index contributed by atoms with van der Waals surface area (Å²) in [4.78, 5) is 46.2. The number of nitrogens with one attached hydrogen (secondary N) is 2. The van der Waals surface area contributed by atoms with E-state index in [2.05, 4.69) is 10.6 Å². The normalized spacial score (nSPS) is 11.3. The Balaban J connectivity index is 2.61. The van der Waals surface area contributed by atoms with Crippen molar-refractivity contribution in [2.45, 2.75) is 31.2 Å². The van der Waals surface area contributed by atoms with Crippen molar-refractivity contribution < 1.29 is 24.0 Å². The molecule has 2 N–H and O–H groups in total. The highest BCUT2D eigenvalue weighted by atomic mass is 32.2. The summed E-state index contributed by atoms with van der Waals surface area (Å²) in [5.74, 6) is -1.85. The van der Waals surface area contributed by atoms with Crippen LogP contribution >= 0.6 is 11.8 Å². The van der Waals surface area contributed by atoms with Crippen LogP contribution in [0.2, 0.25) is 0 Å². The van der Waals surface area contributed by atoms with E-state index in [4.69, 9.17) is 4.74 Å². The summed E-state index contributed by atoms with van der Waals surface area (Å²) in [5.41, 5.74) is -0.242. The maximum absolute atomic E-state index is 12.0. The first kappa shape index (κ1) is 21.4. The number of carbonyl (C=O) groups excluding carboxylic acids is 3. The molecule has 10 heteroatoms. The Kier molecular flexibility index (Phi) is 8.56. The van der Waals surface area contributed by atoms with Crippen LogP contribution in [0.25, 0.3) is 0 Å². The van der Waals surface area contributed by atoms with Crippen molar-refractivity contribution in [2.75, 3.05) is 19.4 Å². The highest BCUT2D eigenvalue weighted by molar-refractivity contribution is 7.98. The van der Waals surface area contributed by atoms with E-state index in [1.54, 1.807) is 6.26 Å². The minimum atomic E-state index is -0.862. The van der Waals surface area contributed by atoms with E-state index in [1.807, 2.05) is 6.92 Å². The average Bonchev–Trinajstić information content (AvgIpc) is 2.63. The smallest absolute Gasteiger partial charge is 0.338 e. The minimum Gasteiger partial charge on any atom is -0.452 e. The first-order valence-electron chi connectivity index (χ1n) is 7.86. The van der Waals surface area contributed by atoms with Crippen LogP contribution in [-0.4, -0.2) is 48.2 Å². The van der Waals surface area contributed by atoms with Crippen LogP contribution < -0.4 is 10.6 Å². The topological polar surface area (TPSA) is 128 Å². The second-order valence-corrected chi connectivity index (χ2v) is 6.15. The van der Waals surface area contributed by atoms with E-state index in [9.17, 15) is 24.5 Å². The Morgan fingerprint density at radius 3 is 2.62 bits per heavy atom. The van der Waals surface area contributed by atoms with E-state index < -0.39 is 29.4 Å². The van der Waals surface area contributed by atoms with Gasteiger partial charge in [-0.15, -0.1) is 11.8 Å². The van der Waals surface area contributed by atoms with Crippen LogP contribution in [0.5, 0.6) is 0 Å². The molecule has 26 heavy (non-hydrogen) atoms. The first-order valence-corrected chi connectivity index (χ1v) is 9.09. The number of benzene rings is 1. The number of hydrogen-bond donors (Lipinski definition) is 2. The average molecular weight is 383 g/mol. The quantitative estimate of drug-likeness (QED) is 0.286. The second kappa shape index (κ2) is 10.4. The van der Waals surface area contributed by atoms with E-state index in [-0.39, 0.29) is 17.2 Å². The molecular weight excluding hydrogens is 362 g/mol. The number of amides is 2. The number of carbonyl (C=O) groups is 3. The third kappa shape index (κ3) is 6.36. The first-order chi connectivity index (χ1) is 12.3.